The zero-order valence-corrected chi connectivity index (χ0v) is 14.7. The van der Waals surface area contributed by atoms with Crippen molar-refractivity contribution in [2.75, 3.05) is 0 Å². The van der Waals surface area contributed by atoms with Crippen LogP contribution < -0.4 is 17.5 Å². The molecule has 1 aromatic rings. The van der Waals surface area contributed by atoms with Gasteiger partial charge in [-0.25, -0.2) is 0 Å². The van der Waals surface area contributed by atoms with Gasteiger partial charge in [-0.3, -0.25) is 0 Å². The van der Waals surface area contributed by atoms with E-state index in [9.17, 15) is 5.11 Å². The van der Waals surface area contributed by atoms with Crippen LogP contribution in [0.2, 0.25) is 0 Å². The molecule has 1 aromatic carbocycles. The van der Waals surface area contributed by atoms with Crippen molar-refractivity contribution in [2.24, 2.45) is 0 Å². The normalized spacial score (nSPS) is 11.4. The van der Waals surface area contributed by atoms with Crippen molar-refractivity contribution in [3.8, 4) is 5.75 Å². The minimum atomic E-state index is -0.0711. The first-order chi connectivity index (χ1) is 6.64. The Morgan fingerprint density at radius 1 is 0.824 bits per heavy atom. The molecule has 0 aliphatic carbocycles. The molecule has 94 valence electrons. The number of hydrogen-bond donors (Lipinski definition) is 0. The Balaban J connectivity index is 0. The molecular formula is C14H21ClOZr. The molecular weight excluding hydrogens is 311 g/mol. The fraction of sp³-hybridized carbons (Fsp3) is 0.571. The average molecular weight is 332 g/mol. The van der Waals surface area contributed by atoms with Crippen LogP contribution in [-0.2, 0) is 37.0 Å². The second kappa shape index (κ2) is 6.39. The van der Waals surface area contributed by atoms with Gasteiger partial charge in [0, 0.05) is 0 Å². The van der Waals surface area contributed by atoms with Gasteiger partial charge in [0.25, 0.3) is 0 Å². The summed E-state index contributed by atoms with van der Waals surface area (Å²) >= 11 is 0. The number of hydrogen-bond acceptors (Lipinski definition) is 1. The van der Waals surface area contributed by atoms with E-state index >= 15 is 0 Å². The van der Waals surface area contributed by atoms with E-state index < -0.39 is 0 Å². The Morgan fingerprint density at radius 3 is 1.35 bits per heavy atom. The van der Waals surface area contributed by atoms with Crippen molar-refractivity contribution in [1.29, 1.82) is 0 Å². The zero-order valence-electron chi connectivity index (χ0n) is 11.5. The molecule has 0 fully saturated rings. The van der Waals surface area contributed by atoms with Gasteiger partial charge >= 0.3 is 26.2 Å². The number of para-hydroxylation sites is 1. The number of rotatable bonds is 0. The van der Waals surface area contributed by atoms with E-state index in [1.54, 1.807) is 0 Å². The van der Waals surface area contributed by atoms with Crippen molar-refractivity contribution in [2.45, 2.75) is 52.4 Å². The molecule has 0 bridgehead atoms. The summed E-state index contributed by atoms with van der Waals surface area (Å²) in [4.78, 5) is 0. The molecule has 0 saturated heterocycles. The smallest absolute Gasteiger partial charge is 1.00 e. The molecule has 3 heteroatoms. The van der Waals surface area contributed by atoms with Crippen LogP contribution in [0.25, 0.3) is 0 Å². The maximum absolute atomic E-state index is 12.3. The first-order valence-corrected chi connectivity index (χ1v) is 5.45. The molecule has 0 aliphatic heterocycles. The molecule has 0 radical (unpaired) electrons. The molecule has 0 spiro atoms. The van der Waals surface area contributed by atoms with Crippen LogP contribution in [0.4, 0.5) is 0 Å². The van der Waals surface area contributed by atoms with E-state index in [0.29, 0.717) is 0 Å². The van der Waals surface area contributed by atoms with Gasteiger partial charge in [0.05, 0.1) is 0 Å². The Morgan fingerprint density at radius 2 is 1.12 bits per heavy atom. The summed E-state index contributed by atoms with van der Waals surface area (Å²) < 4.78 is 0. The van der Waals surface area contributed by atoms with Crippen LogP contribution in [0.1, 0.15) is 52.7 Å². The summed E-state index contributed by atoms with van der Waals surface area (Å²) in [6, 6.07) is 5.87. The fourth-order valence-corrected chi connectivity index (χ4v) is 1.72. The molecule has 0 atom stereocenters. The third-order valence-electron chi connectivity index (χ3n) is 2.63. The second-order valence-corrected chi connectivity index (χ2v) is 6.18. The molecule has 0 unspecified atom stereocenters. The van der Waals surface area contributed by atoms with Crippen LogP contribution in [0.15, 0.2) is 18.2 Å². The molecule has 0 saturated carbocycles. The van der Waals surface area contributed by atoms with Crippen LogP contribution in [0.3, 0.4) is 0 Å². The Bertz CT molecular complexity index is 329. The summed E-state index contributed by atoms with van der Waals surface area (Å²) in [6.45, 7) is 12.5. The topological polar surface area (TPSA) is 23.1 Å². The van der Waals surface area contributed by atoms with Crippen LogP contribution in [0, 0.1) is 0 Å². The first-order valence-electron chi connectivity index (χ1n) is 5.45. The number of halogens is 1. The van der Waals surface area contributed by atoms with E-state index in [1.165, 1.54) is 0 Å². The van der Waals surface area contributed by atoms with Gasteiger partial charge in [-0.2, -0.15) is 0 Å². The van der Waals surface area contributed by atoms with Crippen molar-refractivity contribution in [1.82, 2.24) is 0 Å². The van der Waals surface area contributed by atoms with Crippen molar-refractivity contribution in [3.63, 3.8) is 0 Å². The standard InChI is InChI=1S/C14H22O.ClH.Zr/c1-13(2,3)10-8-7-9-11(12(10)15)14(4,5)6;;/h7-9,15H,1-6H3;1H;/q;;+2/p-2. The van der Waals surface area contributed by atoms with Crippen molar-refractivity contribution >= 4 is 0 Å². The summed E-state index contributed by atoms with van der Waals surface area (Å²) in [6.07, 6.45) is 0. The van der Waals surface area contributed by atoms with Crippen LogP contribution in [-0.4, -0.2) is 0 Å². The molecule has 1 nitrogen and oxygen atoms in total. The fourth-order valence-electron chi connectivity index (χ4n) is 1.72. The van der Waals surface area contributed by atoms with E-state index in [2.05, 4.69) is 41.5 Å². The summed E-state index contributed by atoms with van der Waals surface area (Å²) in [5, 5.41) is 12.3. The Labute approximate surface area is 131 Å². The van der Waals surface area contributed by atoms with E-state index in [1.807, 2.05) is 18.2 Å². The minimum absolute atomic E-state index is 0. The van der Waals surface area contributed by atoms with Gasteiger partial charge in [0.15, 0.2) is 0 Å². The Kier molecular flexibility index (Phi) is 7.34. The quantitative estimate of drug-likeness (QED) is 0.673. The molecule has 0 N–H and O–H groups in total. The van der Waals surface area contributed by atoms with E-state index in [4.69, 9.17) is 0 Å². The summed E-state index contributed by atoms with van der Waals surface area (Å²) in [5.41, 5.74) is 1.68. The van der Waals surface area contributed by atoms with Gasteiger partial charge in [-0.1, -0.05) is 70.9 Å². The van der Waals surface area contributed by atoms with E-state index in [0.717, 1.165) is 11.1 Å². The largest absolute Gasteiger partial charge is 2.00 e. The summed E-state index contributed by atoms with van der Waals surface area (Å²) in [7, 11) is 0. The van der Waals surface area contributed by atoms with Crippen molar-refractivity contribution in [3.05, 3.63) is 29.3 Å². The van der Waals surface area contributed by atoms with Gasteiger partial charge in [-0.15, -0.1) is 5.75 Å². The van der Waals surface area contributed by atoms with Gasteiger partial charge in [0.1, 0.15) is 0 Å². The molecule has 0 aliphatic rings. The molecule has 1 rings (SSSR count). The van der Waals surface area contributed by atoms with Crippen molar-refractivity contribution < 1.29 is 43.7 Å². The second-order valence-electron chi connectivity index (χ2n) is 6.18. The maximum atomic E-state index is 12.3. The zero-order chi connectivity index (χ0) is 11.9. The van der Waals surface area contributed by atoms with Gasteiger partial charge in [-0.05, 0) is 10.8 Å². The average Bonchev–Trinajstić information content (AvgIpc) is 1.99. The van der Waals surface area contributed by atoms with Crippen LogP contribution in [0.5, 0.6) is 5.75 Å². The minimum Gasteiger partial charge on any atom is -1.00 e. The van der Waals surface area contributed by atoms with Gasteiger partial charge in [0.2, 0.25) is 0 Å². The SMILES string of the molecule is CC(C)(C)c1cccc(C(C)(C)C)c1[O-].[Cl-].[Zr+2]. The third-order valence-corrected chi connectivity index (χ3v) is 2.63. The number of benzene rings is 1. The predicted octanol–water partition coefficient (Wildman–Crippen LogP) is 0.357. The first kappa shape index (κ1) is 19.5. The summed E-state index contributed by atoms with van der Waals surface area (Å²) in [5.74, 6) is 0.206. The van der Waals surface area contributed by atoms with Crippen LogP contribution >= 0.6 is 0 Å². The molecule has 0 amide bonds. The predicted molar refractivity (Wildman–Crippen MR) is 63.3 cm³/mol. The maximum Gasteiger partial charge on any atom is 2.00 e. The molecule has 17 heavy (non-hydrogen) atoms. The monoisotopic (exact) mass is 330 g/mol. The third kappa shape index (κ3) is 4.75. The van der Waals surface area contributed by atoms with Gasteiger partial charge < -0.3 is 17.5 Å². The molecule has 0 aromatic heterocycles. The Hall–Kier alpha value is 0.193. The molecule has 0 heterocycles. The van der Waals surface area contributed by atoms with E-state index in [-0.39, 0.29) is 55.2 Å².